The van der Waals surface area contributed by atoms with Crippen LogP contribution in [-0.2, 0) is 6.54 Å². The van der Waals surface area contributed by atoms with E-state index in [1.807, 2.05) is 0 Å². The monoisotopic (exact) mass is 312 g/mol. The molecule has 0 bridgehead atoms. The van der Waals surface area contributed by atoms with Crippen molar-refractivity contribution in [2.24, 2.45) is 0 Å². The molecular formula is C15H16N6O2. The van der Waals surface area contributed by atoms with Gasteiger partial charge in [-0.25, -0.2) is 14.6 Å². The third kappa shape index (κ3) is 2.86. The molecule has 0 saturated heterocycles. The summed E-state index contributed by atoms with van der Waals surface area (Å²) in [5.74, 6) is 1.45. The lowest BCUT2D eigenvalue weighted by molar-refractivity contribution is 0.371. The van der Waals surface area contributed by atoms with Crippen LogP contribution in [0.3, 0.4) is 0 Å². The van der Waals surface area contributed by atoms with Gasteiger partial charge in [-0.2, -0.15) is 5.10 Å². The first kappa shape index (κ1) is 14.6. The molecule has 4 N–H and O–H groups in total. The summed E-state index contributed by atoms with van der Waals surface area (Å²) in [5.41, 5.74) is 7.14. The summed E-state index contributed by atoms with van der Waals surface area (Å²) in [6.07, 6.45) is 4.79. The second kappa shape index (κ2) is 6.22. The normalized spacial score (nSPS) is 10.5. The van der Waals surface area contributed by atoms with Gasteiger partial charge in [-0.05, 0) is 12.1 Å². The van der Waals surface area contributed by atoms with Crippen molar-refractivity contribution in [2.45, 2.75) is 6.54 Å². The van der Waals surface area contributed by atoms with E-state index in [-0.39, 0.29) is 5.75 Å². The van der Waals surface area contributed by atoms with Crippen LogP contribution in [0.25, 0.3) is 5.82 Å². The zero-order valence-corrected chi connectivity index (χ0v) is 12.5. The van der Waals surface area contributed by atoms with Crippen LogP contribution in [0.5, 0.6) is 11.5 Å². The Kier molecular flexibility index (Phi) is 3.96. The summed E-state index contributed by atoms with van der Waals surface area (Å²) in [6, 6.07) is 7.06. The minimum Gasteiger partial charge on any atom is -0.504 e. The molecule has 8 nitrogen and oxygen atoms in total. The maximum Gasteiger partial charge on any atom is 0.181 e. The molecule has 0 unspecified atom stereocenters. The Hall–Kier alpha value is -3.29. The summed E-state index contributed by atoms with van der Waals surface area (Å²) in [7, 11) is 1.50. The number of nitrogens with zero attached hydrogens (tertiary/aromatic N) is 4. The van der Waals surface area contributed by atoms with Crippen molar-refractivity contribution in [3.05, 3.63) is 48.5 Å². The van der Waals surface area contributed by atoms with Crippen LogP contribution in [0.2, 0.25) is 0 Å². The average Bonchev–Trinajstić information content (AvgIpc) is 3.09. The summed E-state index contributed by atoms with van der Waals surface area (Å²) >= 11 is 0. The number of phenols is 1. The molecule has 0 fully saturated rings. The van der Waals surface area contributed by atoms with Gasteiger partial charge in [0.15, 0.2) is 23.1 Å². The SMILES string of the molecule is COc1cccc(CNc2ncnc(-n3cccn3)c2N)c1O. The highest BCUT2D eigenvalue weighted by atomic mass is 16.5. The Morgan fingerprint density at radius 1 is 1.30 bits per heavy atom. The quantitative estimate of drug-likeness (QED) is 0.655. The minimum absolute atomic E-state index is 0.0856. The molecule has 0 radical (unpaired) electrons. The number of phenolic OH excluding ortho intramolecular Hbond substituents is 1. The number of benzene rings is 1. The van der Waals surface area contributed by atoms with E-state index in [0.717, 1.165) is 0 Å². The molecule has 3 rings (SSSR count). The van der Waals surface area contributed by atoms with E-state index in [1.165, 1.54) is 13.4 Å². The fourth-order valence-corrected chi connectivity index (χ4v) is 2.16. The minimum atomic E-state index is 0.0856. The highest BCUT2D eigenvalue weighted by Gasteiger charge is 2.12. The summed E-state index contributed by atoms with van der Waals surface area (Å²) in [5, 5.41) is 17.3. The first-order chi connectivity index (χ1) is 11.2. The lowest BCUT2D eigenvalue weighted by Crippen LogP contribution is -2.10. The number of rotatable bonds is 5. The van der Waals surface area contributed by atoms with Gasteiger partial charge in [0.05, 0.1) is 7.11 Å². The van der Waals surface area contributed by atoms with Crippen LogP contribution in [-0.4, -0.2) is 32.0 Å². The standard InChI is InChI=1S/C15H16N6O2/c1-23-11-5-2-4-10(13(11)22)8-17-14-12(16)15(19-9-18-14)21-7-3-6-20-21/h2-7,9,22H,8,16H2,1H3,(H,17,18,19). The lowest BCUT2D eigenvalue weighted by Gasteiger charge is -2.12. The predicted octanol–water partition coefficient (Wildman–Crippen LogP) is 1.57. The Labute approximate surface area is 132 Å². The number of ether oxygens (including phenoxy) is 1. The molecule has 0 amide bonds. The number of nitrogen functional groups attached to an aromatic ring is 1. The maximum atomic E-state index is 10.1. The molecule has 0 aliphatic rings. The lowest BCUT2D eigenvalue weighted by atomic mass is 10.2. The molecule has 23 heavy (non-hydrogen) atoms. The zero-order chi connectivity index (χ0) is 16.2. The molecule has 3 aromatic rings. The molecule has 2 heterocycles. The Morgan fingerprint density at radius 2 is 2.17 bits per heavy atom. The van der Waals surface area contributed by atoms with Crippen molar-refractivity contribution in [3.63, 3.8) is 0 Å². The number of anilines is 2. The van der Waals surface area contributed by atoms with Crippen LogP contribution < -0.4 is 15.8 Å². The fourth-order valence-electron chi connectivity index (χ4n) is 2.16. The van der Waals surface area contributed by atoms with E-state index in [1.54, 1.807) is 41.3 Å². The van der Waals surface area contributed by atoms with Crippen LogP contribution in [0.4, 0.5) is 11.5 Å². The van der Waals surface area contributed by atoms with Gasteiger partial charge in [0.1, 0.15) is 12.0 Å². The molecule has 2 aromatic heterocycles. The predicted molar refractivity (Wildman–Crippen MR) is 85.6 cm³/mol. The molecule has 1 aromatic carbocycles. The number of aromatic nitrogens is 4. The zero-order valence-electron chi connectivity index (χ0n) is 12.5. The maximum absolute atomic E-state index is 10.1. The van der Waals surface area contributed by atoms with Crippen LogP contribution in [0, 0.1) is 0 Å². The molecule has 118 valence electrons. The van der Waals surface area contributed by atoms with Gasteiger partial charge >= 0.3 is 0 Å². The van der Waals surface area contributed by atoms with Crippen molar-refractivity contribution in [2.75, 3.05) is 18.2 Å². The van der Waals surface area contributed by atoms with Gasteiger partial charge in [-0.15, -0.1) is 0 Å². The third-order valence-electron chi connectivity index (χ3n) is 3.33. The third-order valence-corrected chi connectivity index (χ3v) is 3.33. The fraction of sp³-hybridized carbons (Fsp3) is 0.133. The highest BCUT2D eigenvalue weighted by molar-refractivity contribution is 5.69. The Balaban J connectivity index is 1.83. The molecular weight excluding hydrogens is 296 g/mol. The van der Waals surface area contributed by atoms with Crippen molar-refractivity contribution in [1.82, 2.24) is 19.7 Å². The van der Waals surface area contributed by atoms with Crippen molar-refractivity contribution in [3.8, 4) is 17.3 Å². The van der Waals surface area contributed by atoms with Crippen LogP contribution >= 0.6 is 0 Å². The van der Waals surface area contributed by atoms with Gasteiger partial charge in [0.2, 0.25) is 0 Å². The molecule has 0 aliphatic heterocycles. The van der Waals surface area contributed by atoms with Gasteiger partial charge < -0.3 is 20.9 Å². The van der Waals surface area contributed by atoms with Crippen molar-refractivity contribution in [1.29, 1.82) is 0 Å². The second-order valence-corrected chi connectivity index (χ2v) is 4.73. The van der Waals surface area contributed by atoms with E-state index < -0.39 is 0 Å². The van der Waals surface area contributed by atoms with Gasteiger partial charge in [0, 0.05) is 24.5 Å². The molecule has 0 atom stereocenters. The summed E-state index contributed by atoms with van der Waals surface area (Å²) in [6.45, 7) is 0.336. The molecule has 0 spiro atoms. The Morgan fingerprint density at radius 3 is 2.91 bits per heavy atom. The number of para-hydroxylation sites is 1. The van der Waals surface area contributed by atoms with E-state index in [4.69, 9.17) is 10.5 Å². The second-order valence-electron chi connectivity index (χ2n) is 4.73. The van der Waals surface area contributed by atoms with Gasteiger partial charge in [-0.3, -0.25) is 0 Å². The topological polar surface area (TPSA) is 111 Å². The molecule has 8 heteroatoms. The highest BCUT2D eigenvalue weighted by Crippen LogP contribution is 2.30. The summed E-state index contributed by atoms with van der Waals surface area (Å²) < 4.78 is 6.65. The smallest absolute Gasteiger partial charge is 0.181 e. The van der Waals surface area contributed by atoms with Crippen molar-refractivity contribution < 1.29 is 9.84 Å². The van der Waals surface area contributed by atoms with Crippen LogP contribution in [0.1, 0.15) is 5.56 Å². The summed E-state index contributed by atoms with van der Waals surface area (Å²) in [4.78, 5) is 8.27. The number of hydrogen-bond acceptors (Lipinski definition) is 7. The first-order valence-electron chi connectivity index (χ1n) is 6.90. The van der Waals surface area contributed by atoms with Gasteiger partial charge in [-0.1, -0.05) is 12.1 Å². The van der Waals surface area contributed by atoms with E-state index in [0.29, 0.717) is 35.2 Å². The number of nitrogens with one attached hydrogen (secondary N) is 1. The van der Waals surface area contributed by atoms with Gasteiger partial charge in [0.25, 0.3) is 0 Å². The number of nitrogens with two attached hydrogens (primary N) is 1. The average molecular weight is 312 g/mol. The molecule has 0 aliphatic carbocycles. The number of hydrogen-bond donors (Lipinski definition) is 3. The van der Waals surface area contributed by atoms with Crippen LogP contribution in [0.15, 0.2) is 43.0 Å². The van der Waals surface area contributed by atoms with Crippen molar-refractivity contribution >= 4 is 11.5 Å². The Bertz CT molecular complexity index is 804. The van der Waals surface area contributed by atoms with E-state index >= 15 is 0 Å². The van der Waals surface area contributed by atoms with E-state index in [2.05, 4.69) is 20.4 Å². The largest absolute Gasteiger partial charge is 0.504 e. The first-order valence-corrected chi connectivity index (χ1v) is 6.90. The number of methoxy groups -OCH3 is 1. The molecule has 0 saturated carbocycles. The number of aromatic hydroxyl groups is 1. The van der Waals surface area contributed by atoms with E-state index in [9.17, 15) is 5.11 Å².